The van der Waals surface area contributed by atoms with E-state index in [1.165, 1.54) is 35.6 Å². The third-order valence-electron chi connectivity index (χ3n) is 5.33. The zero-order chi connectivity index (χ0) is 27.9. The first-order valence-electron chi connectivity index (χ1n) is 11.7. The molecule has 0 bridgehead atoms. The van der Waals surface area contributed by atoms with Crippen molar-refractivity contribution >= 4 is 35.0 Å². The predicted octanol–water partition coefficient (Wildman–Crippen LogP) is 4.66. The molecule has 0 aliphatic heterocycles. The first-order valence-corrected chi connectivity index (χ1v) is 12.5. The van der Waals surface area contributed by atoms with Crippen molar-refractivity contribution in [2.45, 2.75) is 26.9 Å². The number of anilines is 1. The number of alkyl halides is 3. The maximum Gasteiger partial charge on any atom is 0.434 e. The van der Waals surface area contributed by atoms with Crippen LogP contribution in [0.4, 0.5) is 28.6 Å². The first kappa shape index (κ1) is 28.5. The average Bonchev–Trinajstić information content (AvgIpc) is 3.39. The molecule has 14 heteroatoms. The van der Waals surface area contributed by atoms with Gasteiger partial charge in [-0.2, -0.15) is 13.2 Å². The van der Waals surface area contributed by atoms with Gasteiger partial charge in [-0.25, -0.2) is 19.6 Å². The minimum absolute atomic E-state index is 0.0388. The highest BCUT2D eigenvalue weighted by atomic mass is 32.1. The number of amides is 4. The number of urea groups is 2. The van der Waals surface area contributed by atoms with Crippen LogP contribution < -0.4 is 16.0 Å². The van der Waals surface area contributed by atoms with Crippen molar-refractivity contribution in [2.24, 2.45) is 0 Å². The van der Waals surface area contributed by atoms with Gasteiger partial charge in [0.15, 0.2) is 11.5 Å². The Bertz CT molecular complexity index is 1310. The lowest BCUT2D eigenvalue weighted by molar-refractivity contribution is -0.140. The standard InChI is InChI=1S/C24H26F3N7O3S/c1-4-29-22(36)33-20-8-16(21-32-19(13-38-21)24(25,26)27)17(11-30-20)14-7-15(10-28-9-14)18(35)12-31-23(37)34(5-2)6-3/h7-11,13H,4-6,12H2,1-3H3,(H,31,37)(H2,29,30,33,36). The van der Waals surface area contributed by atoms with Crippen LogP contribution in [0.1, 0.15) is 36.8 Å². The van der Waals surface area contributed by atoms with Crippen molar-refractivity contribution in [3.8, 4) is 21.7 Å². The first-order chi connectivity index (χ1) is 18.1. The summed E-state index contributed by atoms with van der Waals surface area (Å²) in [5, 5.41) is 8.57. The molecule has 0 atom stereocenters. The molecule has 0 fully saturated rings. The Labute approximate surface area is 220 Å². The fourth-order valence-corrected chi connectivity index (χ4v) is 4.26. The fourth-order valence-electron chi connectivity index (χ4n) is 3.40. The number of pyridine rings is 2. The summed E-state index contributed by atoms with van der Waals surface area (Å²) in [6, 6.07) is 2.00. The van der Waals surface area contributed by atoms with Gasteiger partial charge in [0, 0.05) is 65.9 Å². The van der Waals surface area contributed by atoms with Gasteiger partial charge >= 0.3 is 18.2 Å². The molecule has 38 heavy (non-hydrogen) atoms. The number of aromatic nitrogens is 3. The summed E-state index contributed by atoms with van der Waals surface area (Å²) < 4.78 is 39.7. The molecule has 0 saturated heterocycles. The van der Waals surface area contributed by atoms with E-state index >= 15 is 0 Å². The van der Waals surface area contributed by atoms with Gasteiger partial charge in [0.1, 0.15) is 10.8 Å². The van der Waals surface area contributed by atoms with Crippen LogP contribution in [0, 0.1) is 0 Å². The smallest absolute Gasteiger partial charge is 0.338 e. The Morgan fingerprint density at radius 3 is 2.37 bits per heavy atom. The monoisotopic (exact) mass is 549 g/mol. The van der Waals surface area contributed by atoms with Gasteiger partial charge < -0.3 is 15.5 Å². The SMILES string of the molecule is CCNC(=O)Nc1cc(-c2nc(C(F)(F)F)cs2)c(-c2cncc(C(=O)CNC(=O)N(CC)CC)c2)cn1. The Morgan fingerprint density at radius 2 is 1.74 bits per heavy atom. The fraction of sp³-hybridized carbons (Fsp3) is 0.333. The molecule has 3 aromatic heterocycles. The number of thiazole rings is 1. The highest BCUT2D eigenvalue weighted by molar-refractivity contribution is 7.13. The van der Waals surface area contributed by atoms with Gasteiger partial charge in [-0.15, -0.1) is 11.3 Å². The van der Waals surface area contributed by atoms with Crippen molar-refractivity contribution in [3.05, 3.63) is 47.4 Å². The van der Waals surface area contributed by atoms with Crippen LogP contribution in [-0.4, -0.2) is 63.9 Å². The summed E-state index contributed by atoms with van der Waals surface area (Å²) >= 11 is 0.778. The lowest BCUT2D eigenvalue weighted by atomic mass is 10.0. The number of hydrogen-bond donors (Lipinski definition) is 3. The highest BCUT2D eigenvalue weighted by Crippen LogP contribution is 2.38. The lowest BCUT2D eigenvalue weighted by Crippen LogP contribution is -2.41. The predicted molar refractivity (Wildman–Crippen MR) is 137 cm³/mol. The van der Waals surface area contributed by atoms with Gasteiger partial charge in [-0.1, -0.05) is 0 Å². The van der Waals surface area contributed by atoms with Crippen molar-refractivity contribution in [1.29, 1.82) is 0 Å². The van der Waals surface area contributed by atoms with Gasteiger partial charge in [-0.3, -0.25) is 15.1 Å². The molecular weight excluding hydrogens is 523 g/mol. The van der Waals surface area contributed by atoms with E-state index in [4.69, 9.17) is 0 Å². The molecule has 0 aliphatic rings. The second-order valence-corrected chi connectivity index (χ2v) is 8.71. The Morgan fingerprint density at radius 1 is 1.00 bits per heavy atom. The number of nitrogens with zero attached hydrogens (tertiary/aromatic N) is 4. The molecule has 202 valence electrons. The van der Waals surface area contributed by atoms with E-state index in [2.05, 4.69) is 30.9 Å². The van der Waals surface area contributed by atoms with E-state index in [-0.39, 0.29) is 34.5 Å². The van der Waals surface area contributed by atoms with Crippen LogP contribution in [0.15, 0.2) is 36.1 Å². The van der Waals surface area contributed by atoms with Crippen LogP contribution in [0.2, 0.25) is 0 Å². The number of carbonyl (C=O) groups excluding carboxylic acids is 3. The Kier molecular flexibility index (Phi) is 9.34. The van der Waals surface area contributed by atoms with E-state index in [0.29, 0.717) is 30.8 Å². The largest absolute Gasteiger partial charge is 0.434 e. The number of nitrogens with one attached hydrogen (secondary N) is 3. The summed E-state index contributed by atoms with van der Waals surface area (Å²) in [7, 11) is 0. The summed E-state index contributed by atoms with van der Waals surface area (Å²) in [5.74, 6) is -0.310. The average molecular weight is 550 g/mol. The van der Waals surface area contributed by atoms with Crippen LogP contribution in [0.5, 0.6) is 0 Å². The molecule has 3 aromatic rings. The van der Waals surface area contributed by atoms with Crippen molar-refractivity contribution in [1.82, 2.24) is 30.5 Å². The molecule has 3 heterocycles. The van der Waals surface area contributed by atoms with E-state index in [9.17, 15) is 27.6 Å². The summed E-state index contributed by atoms with van der Waals surface area (Å²) in [6.07, 6.45) is -0.508. The Hall–Kier alpha value is -4.07. The molecule has 0 spiro atoms. The molecule has 10 nitrogen and oxygen atoms in total. The third-order valence-corrected chi connectivity index (χ3v) is 6.21. The number of hydrogen-bond acceptors (Lipinski definition) is 7. The number of Topliss-reactive ketones (excluding diaryl/α,β-unsaturated/α-hetero) is 1. The molecule has 3 N–H and O–H groups in total. The van der Waals surface area contributed by atoms with E-state index in [1.54, 1.807) is 6.92 Å². The molecule has 0 saturated carbocycles. The highest BCUT2D eigenvalue weighted by Gasteiger charge is 2.34. The second-order valence-electron chi connectivity index (χ2n) is 7.85. The van der Waals surface area contributed by atoms with Crippen LogP contribution in [0.25, 0.3) is 21.7 Å². The minimum Gasteiger partial charge on any atom is -0.338 e. The second kappa shape index (κ2) is 12.4. The van der Waals surface area contributed by atoms with Crippen LogP contribution >= 0.6 is 11.3 Å². The Balaban J connectivity index is 1.96. The summed E-state index contributed by atoms with van der Waals surface area (Å²) in [5.41, 5.74) is 0.136. The van der Waals surface area contributed by atoms with E-state index in [0.717, 1.165) is 16.7 Å². The molecule has 0 aromatic carbocycles. The van der Waals surface area contributed by atoms with Crippen molar-refractivity contribution in [2.75, 3.05) is 31.5 Å². The van der Waals surface area contributed by atoms with Crippen LogP contribution in [-0.2, 0) is 6.18 Å². The quantitative estimate of drug-likeness (QED) is 0.333. The minimum atomic E-state index is -4.63. The van der Waals surface area contributed by atoms with Gasteiger partial charge in [0.2, 0.25) is 0 Å². The lowest BCUT2D eigenvalue weighted by Gasteiger charge is -2.18. The summed E-state index contributed by atoms with van der Waals surface area (Å²) in [6.45, 7) is 6.44. The third kappa shape index (κ3) is 7.03. The molecular formula is C24H26F3N7O3S. The molecule has 4 amide bonds. The molecule has 0 unspecified atom stereocenters. The molecule has 0 radical (unpaired) electrons. The van der Waals surface area contributed by atoms with Gasteiger partial charge in [0.25, 0.3) is 0 Å². The topological polar surface area (TPSA) is 129 Å². The molecule has 3 rings (SSSR count). The normalized spacial score (nSPS) is 11.1. The van der Waals surface area contributed by atoms with E-state index in [1.807, 2.05) is 13.8 Å². The van der Waals surface area contributed by atoms with Crippen LogP contribution in [0.3, 0.4) is 0 Å². The number of rotatable bonds is 9. The van der Waals surface area contributed by atoms with E-state index < -0.39 is 23.7 Å². The van der Waals surface area contributed by atoms with Gasteiger partial charge in [-0.05, 0) is 32.9 Å². The number of carbonyl (C=O) groups is 3. The van der Waals surface area contributed by atoms with Gasteiger partial charge in [0.05, 0.1) is 6.54 Å². The number of ketones is 1. The molecule has 0 aliphatic carbocycles. The maximum absolute atomic E-state index is 13.2. The summed E-state index contributed by atoms with van der Waals surface area (Å²) in [4.78, 5) is 50.4. The zero-order valence-corrected chi connectivity index (χ0v) is 21.7. The zero-order valence-electron chi connectivity index (χ0n) is 20.8. The van der Waals surface area contributed by atoms with Crippen molar-refractivity contribution < 1.29 is 27.6 Å². The number of halogens is 3. The maximum atomic E-state index is 13.2. The van der Waals surface area contributed by atoms with Crippen molar-refractivity contribution in [3.63, 3.8) is 0 Å².